The highest BCUT2D eigenvalue weighted by atomic mass is 16.5. The number of hydrogen-bond acceptors (Lipinski definition) is 3. The van der Waals surface area contributed by atoms with E-state index in [9.17, 15) is 4.79 Å². The van der Waals surface area contributed by atoms with Crippen LogP contribution in [-0.4, -0.2) is 19.7 Å². The van der Waals surface area contributed by atoms with Crippen LogP contribution in [0.1, 0.15) is 18.0 Å². The zero-order valence-corrected chi connectivity index (χ0v) is 12.3. The molecule has 22 heavy (non-hydrogen) atoms. The molecule has 1 heterocycles. The first kappa shape index (κ1) is 14.3. The van der Waals surface area contributed by atoms with Gasteiger partial charge in [-0.25, -0.2) is 4.79 Å². The van der Waals surface area contributed by atoms with Gasteiger partial charge in [-0.1, -0.05) is 24.3 Å². The third-order valence-corrected chi connectivity index (χ3v) is 3.59. The van der Waals surface area contributed by atoms with E-state index in [0.29, 0.717) is 18.0 Å². The van der Waals surface area contributed by atoms with Gasteiger partial charge in [0.2, 0.25) is 0 Å². The van der Waals surface area contributed by atoms with Crippen molar-refractivity contribution in [2.24, 2.45) is 0 Å². The van der Waals surface area contributed by atoms with E-state index >= 15 is 0 Å². The molecule has 2 aromatic carbocycles. The van der Waals surface area contributed by atoms with E-state index in [4.69, 9.17) is 9.47 Å². The smallest absolute Gasteiger partial charge is 0.319 e. The molecular formula is C17H18N2O3. The number of fused-ring (bicyclic) bond motifs is 1. The zero-order valence-electron chi connectivity index (χ0n) is 12.3. The predicted molar refractivity (Wildman–Crippen MR) is 84.4 cm³/mol. The topological polar surface area (TPSA) is 59.6 Å². The Kier molecular flexibility index (Phi) is 4.14. The number of anilines is 1. The maximum absolute atomic E-state index is 12.2. The number of carbonyl (C=O) groups is 1. The van der Waals surface area contributed by atoms with Crippen LogP contribution in [0.4, 0.5) is 10.5 Å². The number of methoxy groups -OCH3 is 1. The molecular weight excluding hydrogens is 280 g/mol. The van der Waals surface area contributed by atoms with Crippen molar-refractivity contribution in [2.75, 3.05) is 19.0 Å². The highest BCUT2D eigenvalue weighted by Gasteiger charge is 2.22. The van der Waals surface area contributed by atoms with E-state index in [1.54, 1.807) is 13.2 Å². The molecule has 1 unspecified atom stereocenters. The van der Waals surface area contributed by atoms with Crippen molar-refractivity contribution in [1.29, 1.82) is 0 Å². The van der Waals surface area contributed by atoms with Gasteiger partial charge in [-0.3, -0.25) is 0 Å². The van der Waals surface area contributed by atoms with Gasteiger partial charge < -0.3 is 20.1 Å². The Bertz CT molecular complexity index is 672. The fourth-order valence-corrected chi connectivity index (χ4v) is 2.52. The number of hydrogen-bond donors (Lipinski definition) is 2. The lowest BCUT2D eigenvalue weighted by Crippen LogP contribution is -2.35. The number of rotatable bonds is 3. The number of urea groups is 1. The molecule has 0 aromatic heterocycles. The van der Waals surface area contributed by atoms with Crippen LogP contribution in [0.5, 0.6) is 11.5 Å². The minimum absolute atomic E-state index is 0.0458. The normalized spacial score (nSPS) is 16.1. The number of benzene rings is 2. The van der Waals surface area contributed by atoms with Gasteiger partial charge in [0.1, 0.15) is 11.5 Å². The minimum Gasteiger partial charge on any atom is -0.497 e. The van der Waals surface area contributed by atoms with Gasteiger partial charge in [-0.05, 0) is 18.2 Å². The number of nitrogens with one attached hydrogen (secondary N) is 2. The van der Waals surface area contributed by atoms with Crippen molar-refractivity contribution in [2.45, 2.75) is 12.5 Å². The fraction of sp³-hybridized carbons (Fsp3) is 0.235. The fourth-order valence-electron chi connectivity index (χ4n) is 2.52. The van der Waals surface area contributed by atoms with Crippen LogP contribution < -0.4 is 20.1 Å². The Morgan fingerprint density at radius 3 is 2.95 bits per heavy atom. The van der Waals surface area contributed by atoms with Gasteiger partial charge in [-0.15, -0.1) is 0 Å². The summed E-state index contributed by atoms with van der Waals surface area (Å²) in [5.74, 6) is 1.54. The second kappa shape index (κ2) is 6.39. The van der Waals surface area contributed by atoms with Crippen molar-refractivity contribution in [3.05, 3.63) is 54.1 Å². The average Bonchev–Trinajstić information content (AvgIpc) is 2.55. The Hall–Kier alpha value is -2.69. The minimum atomic E-state index is -0.241. The van der Waals surface area contributed by atoms with Gasteiger partial charge in [-0.2, -0.15) is 0 Å². The summed E-state index contributed by atoms with van der Waals surface area (Å²) in [6, 6.07) is 14.7. The first-order chi connectivity index (χ1) is 10.8. The van der Waals surface area contributed by atoms with Crippen LogP contribution in [-0.2, 0) is 0 Å². The van der Waals surface area contributed by atoms with Crippen LogP contribution in [0.15, 0.2) is 48.5 Å². The Morgan fingerprint density at radius 1 is 1.23 bits per heavy atom. The molecule has 5 nitrogen and oxygen atoms in total. The highest BCUT2D eigenvalue weighted by molar-refractivity contribution is 5.89. The first-order valence-electron chi connectivity index (χ1n) is 7.19. The number of para-hydroxylation sites is 1. The molecule has 3 rings (SSSR count). The lowest BCUT2D eigenvalue weighted by atomic mass is 10.0. The molecule has 2 N–H and O–H groups in total. The van der Waals surface area contributed by atoms with Crippen molar-refractivity contribution >= 4 is 11.7 Å². The number of ether oxygens (including phenoxy) is 2. The van der Waals surface area contributed by atoms with E-state index in [2.05, 4.69) is 10.6 Å². The van der Waals surface area contributed by atoms with Gasteiger partial charge in [0, 0.05) is 23.7 Å². The van der Waals surface area contributed by atoms with Gasteiger partial charge >= 0.3 is 6.03 Å². The third kappa shape index (κ3) is 3.14. The molecule has 0 saturated carbocycles. The van der Waals surface area contributed by atoms with E-state index in [0.717, 1.165) is 17.7 Å². The van der Waals surface area contributed by atoms with Crippen LogP contribution in [0.25, 0.3) is 0 Å². The van der Waals surface area contributed by atoms with Gasteiger partial charge in [0.25, 0.3) is 0 Å². The van der Waals surface area contributed by atoms with Crippen molar-refractivity contribution < 1.29 is 14.3 Å². The van der Waals surface area contributed by atoms with Crippen molar-refractivity contribution in [1.82, 2.24) is 5.32 Å². The maximum atomic E-state index is 12.2. The van der Waals surface area contributed by atoms with Crippen LogP contribution in [0.3, 0.4) is 0 Å². The summed E-state index contributed by atoms with van der Waals surface area (Å²) in [6.07, 6.45) is 0.753. The second-order valence-corrected chi connectivity index (χ2v) is 5.06. The summed E-state index contributed by atoms with van der Waals surface area (Å²) in [6.45, 7) is 0.598. The molecule has 2 aromatic rings. The predicted octanol–water partition coefficient (Wildman–Crippen LogP) is 3.34. The molecule has 1 atom stereocenters. The molecule has 114 valence electrons. The Labute approximate surface area is 129 Å². The summed E-state index contributed by atoms with van der Waals surface area (Å²) in [4.78, 5) is 12.2. The molecule has 5 heteroatoms. The van der Waals surface area contributed by atoms with E-state index in [1.807, 2.05) is 42.5 Å². The molecule has 2 amide bonds. The summed E-state index contributed by atoms with van der Waals surface area (Å²) in [7, 11) is 1.60. The van der Waals surface area contributed by atoms with Crippen molar-refractivity contribution in [3.8, 4) is 11.5 Å². The van der Waals surface area contributed by atoms with E-state index in [-0.39, 0.29) is 12.1 Å². The first-order valence-corrected chi connectivity index (χ1v) is 7.19. The largest absolute Gasteiger partial charge is 0.497 e. The number of carbonyl (C=O) groups excluding carboxylic acids is 1. The van der Waals surface area contributed by atoms with E-state index < -0.39 is 0 Å². The Balaban J connectivity index is 1.67. The van der Waals surface area contributed by atoms with Crippen molar-refractivity contribution in [3.63, 3.8) is 0 Å². The van der Waals surface area contributed by atoms with Gasteiger partial charge in [0.15, 0.2) is 0 Å². The molecule has 0 fully saturated rings. The zero-order chi connectivity index (χ0) is 15.4. The summed E-state index contributed by atoms with van der Waals surface area (Å²) < 4.78 is 10.7. The Morgan fingerprint density at radius 2 is 2.09 bits per heavy atom. The van der Waals surface area contributed by atoms with Crippen LogP contribution >= 0.6 is 0 Å². The monoisotopic (exact) mass is 298 g/mol. The molecule has 0 spiro atoms. The lowest BCUT2D eigenvalue weighted by Gasteiger charge is -2.26. The second-order valence-electron chi connectivity index (χ2n) is 5.06. The number of amides is 2. The summed E-state index contributed by atoms with van der Waals surface area (Å²) in [5.41, 5.74) is 1.70. The quantitative estimate of drug-likeness (QED) is 0.913. The van der Waals surface area contributed by atoms with Crippen LogP contribution in [0, 0.1) is 0 Å². The molecule has 0 saturated heterocycles. The molecule has 1 aliphatic rings. The molecule has 0 aliphatic carbocycles. The molecule has 0 bridgehead atoms. The standard InChI is InChI=1S/C17H18N2O3/c1-21-13-6-4-5-12(11-13)18-17(20)19-15-9-10-22-16-8-3-2-7-14(15)16/h2-8,11,15H,9-10H2,1H3,(H2,18,19,20). The summed E-state index contributed by atoms with van der Waals surface area (Å²) in [5, 5.41) is 5.81. The SMILES string of the molecule is COc1cccc(NC(=O)NC2CCOc3ccccc32)c1. The molecule has 1 aliphatic heterocycles. The van der Waals surface area contributed by atoms with Gasteiger partial charge in [0.05, 0.1) is 19.8 Å². The third-order valence-electron chi connectivity index (χ3n) is 3.59. The van der Waals surface area contributed by atoms with E-state index in [1.165, 1.54) is 0 Å². The molecule has 0 radical (unpaired) electrons. The highest BCUT2D eigenvalue weighted by Crippen LogP contribution is 2.31. The van der Waals surface area contributed by atoms with Crippen LogP contribution in [0.2, 0.25) is 0 Å². The lowest BCUT2D eigenvalue weighted by molar-refractivity contribution is 0.232. The maximum Gasteiger partial charge on any atom is 0.319 e. The summed E-state index contributed by atoms with van der Waals surface area (Å²) >= 11 is 0. The average molecular weight is 298 g/mol.